The lowest BCUT2D eigenvalue weighted by atomic mass is 9.89. The largest absolute Gasteiger partial charge is 0.352 e. The van der Waals surface area contributed by atoms with Gasteiger partial charge in [-0.05, 0) is 58.0 Å². The molecule has 0 aromatic carbocycles. The molecule has 0 aromatic rings. The number of likely N-dealkylation sites (N-methyl/N-ethyl adjacent to an activating group) is 1. The summed E-state index contributed by atoms with van der Waals surface area (Å²) in [4.78, 5) is 14.5. The standard InChI is InChI=1S/C17H33N3O.2ClH/c1-12(2)7-16(11-20(3)4)19-17(21)10-13-8-14-5-6-15(9-13)18-14;;/h12-16,18H,5-11H2,1-4H3,(H,19,21);2*1H. The van der Waals surface area contributed by atoms with Gasteiger partial charge in [0.15, 0.2) is 0 Å². The molecule has 2 aliphatic heterocycles. The Labute approximate surface area is 154 Å². The van der Waals surface area contributed by atoms with Crippen molar-refractivity contribution in [2.24, 2.45) is 11.8 Å². The Kier molecular flexibility index (Phi) is 10.7. The third kappa shape index (κ3) is 8.06. The second-order valence-corrected chi connectivity index (χ2v) is 7.84. The van der Waals surface area contributed by atoms with Crippen LogP contribution < -0.4 is 10.6 Å². The van der Waals surface area contributed by atoms with E-state index in [4.69, 9.17) is 0 Å². The van der Waals surface area contributed by atoms with E-state index >= 15 is 0 Å². The molecule has 0 aliphatic carbocycles. The molecule has 2 bridgehead atoms. The van der Waals surface area contributed by atoms with Crippen molar-refractivity contribution in [1.82, 2.24) is 15.5 Å². The molecule has 4 nitrogen and oxygen atoms in total. The van der Waals surface area contributed by atoms with E-state index in [-0.39, 0.29) is 36.8 Å². The van der Waals surface area contributed by atoms with Gasteiger partial charge in [0.1, 0.15) is 0 Å². The summed E-state index contributed by atoms with van der Waals surface area (Å²) in [6.07, 6.45) is 6.76. The van der Waals surface area contributed by atoms with E-state index in [0.717, 1.165) is 19.4 Å². The number of piperidine rings is 1. The van der Waals surface area contributed by atoms with Gasteiger partial charge in [0.05, 0.1) is 0 Å². The molecule has 2 rings (SSSR count). The number of rotatable bonds is 7. The van der Waals surface area contributed by atoms with Gasteiger partial charge in [0, 0.05) is 31.1 Å². The molecule has 0 spiro atoms. The molecule has 2 saturated heterocycles. The summed E-state index contributed by atoms with van der Waals surface area (Å²) in [6, 6.07) is 1.63. The van der Waals surface area contributed by atoms with Crippen LogP contribution in [-0.2, 0) is 4.79 Å². The van der Waals surface area contributed by atoms with E-state index < -0.39 is 0 Å². The van der Waals surface area contributed by atoms with E-state index in [9.17, 15) is 4.79 Å². The van der Waals surface area contributed by atoms with Crippen LogP contribution in [0, 0.1) is 11.8 Å². The van der Waals surface area contributed by atoms with Crippen molar-refractivity contribution in [2.75, 3.05) is 20.6 Å². The lowest BCUT2D eigenvalue weighted by Crippen LogP contribution is -2.44. The fourth-order valence-corrected chi connectivity index (χ4v) is 4.08. The second-order valence-electron chi connectivity index (χ2n) is 7.84. The minimum absolute atomic E-state index is 0. The molecule has 2 heterocycles. The highest BCUT2D eigenvalue weighted by Crippen LogP contribution is 2.32. The fourth-order valence-electron chi connectivity index (χ4n) is 4.08. The normalized spacial score (nSPS) is 27.3. The average Bonchev–Trinajstić information content (AvgIpc) is 2.66. The monoisotopic (exact) mass is 367 g/mol. The quantitative estimate of drug-likeness (QED) is 0.726. The predicted octanol–water partition coefficient (Wildman–Crippen LogP) is 2.84. The minimum atomic E-state index is 0. The van der Waals surface area contributed by atoms with Crippen molar-refractivity contribution >= 4 is 30.7 Å². The first-order valence-electron chi connectivity index (χ1n) is 8.62. The molecule has 3 unspecified atom stereocenters. The summed E-state index contributed by atoms with van der Waals surface area (Å²) in [7, 11) is 4.15. The van der Waals surface area contributed by atoms with Gasteiger partial charge in [-0.1, -0.05) is 13.8 Å². The van der Waals surface area contributed by atoms with E-state index in [1.54, 1.807) is 0 Å². The molecule has 6 heteroatoms. The molecule has 0 radical (unpaired) electrons. The lowest BCUT2D eigenvalue weighted by Gasteiger charge is -2.30. The number of nitrogens with one attached hydrogen (secondary N) is 2. The summed E-state index contributed by atoms with van der Waals surface area (Å²) < 4.78 is 0. The van der Waals surface area contributed by atoms with Crippen LogP contribution in [0.15, 0.2) is 0 Å². The number of hydrogen-bond donors (Lipinski definition) is 2. The smallest absolute Gasteiger partial charge is 0.220 e. The molecule has 2 N–H and O–H groups in total. The SMILES string of the molecule is CC(C)CC(CN(C)C)NC(=O)CC1CC2CCC(C1)N2.Cl.Cl. The highest BCUT2D eigenvalue weighted by Gasteiger charge is 2.34. The fraction of sp³-hybridized carbons (Fsp3) is 0.941. The number of hydrogen-bond acceptors (Lipinski definition) is 3. The van der Waals surface area contributed by atoms with Crippen LogP contribution in [0.2, 0.25) is 0 Å². The van der Waals surface area contributed by atoms with Gasteiger partial charge in [-0.15, -0.1) is 24.8 Å². The lowest BCUT2D eigenvalue weighted by molar-refractivity contribution is -0.123. The molecule has 0 saturated carbocycles. The van der Waals surface area contributed by atoms with Crippen molar-refractivity contribution in [3.05, 3.63) is 0 Å². The number of halogens is 2. The van der Waals surface area contributed by atoms with E-state index in [2.05, 4.69) is 43.5 Å². The van der Waals surface area contributed by atoms with Crippen LogP contribution in [-0.4, -0.2) is 49.6 Å². The zero-order chi connectivity index (χ0) is 15.4. The molecular formula is C17H35Cl2N3O. The maximum Gasteiger partial charge on any atom is 0.220 e. The molecule has 2 aliphatic rings. The number of carbonyl (C=O) groups is 1. The molecular weight excluding hydrogens is 333 g/mol. The maximum absolute atomic E-state index is 12.4. The Morgan fingerprint density at radius 1 is 1.17 bits per heavy atom. The molecule has 0 aromatic heterocycles. The third-order valence-electron chi connectivity index (χ3n) is 4.75. The van der Waals surface area contributed by atoms with Crippen LogP contribution in [0.1, 0.15) is 52.4 Å². The second kappa shape index (κ2) is 10.8. The van der Waals surface area contributed by atoms with Gasteiger partial charge in [-0.3, -0.25) is 4.79 Å². The Morgan fingerprint density at radius 2 is 1.74 bits per heavy atom. The number of nitrogens with zero attached hydrogens (tertiary/aromatic N) is 1. The van der Waals surface area contributed by atoms with E-state index in [1.807, 2.05) is 0 Å². The average molecular weight is 368 g/mol. The third-order valence-corrected chi connectivity index (χ3v) is 4.75. The zero-order valence-corrected chi connectivity index (χ0v) is 16.6. The summed E-state index contributed by atoms with van der Waals surface area (Å²) in [5, 5.41) is 6.92. The number of fused-ring (bicyclic) bond motifs is 2. The highest BCUT2D eigenvalue weighted by atomic mass is 35.5. The van der Waals surface area contributed by atoms with Crippen LogP contribution in [0.5, 0.6) is 0 Å². The topological polar surface area (TPSA) is 44.4 Å². The summed E-state index contributed by atoms with van der Waals surface area (Å²) in [6.45, 7) is 5.38. The van der Waals surface area contributed by atoms with Crippen LogP contribution in [0.4, 0.5) is 0 Å². The molecule has 138 valence electrons. The van der Waals surface area contributed by atoms with Gasteiger partial charge >= 0.3 is 0 Å². The van der Waals surface area contributed by atoms with Gasteiger partial charge in [0.2, 0.25) is 5.91 Å². The molecule has 2 fully saturated rings. The Hall–Kier alpha value is -0.0300. The highest BCUT2D eigenvalue weighted by molar-refractivity contribution is 5.85. The van der Waals surface area contributed by atoms with Crippen molar-refractivity contribution in [1.29, 1.82) is 0 Å². The summed E-state index contributed by atoms with van der Waals surface area (Å²) in [5.41, 5.74) is 0. The van der Waals surface area contributed by atoms with Gasteiger partial charge in [-0.25, -0.2) is 0 Å². The molecule has 3 atom stereocenters. The minimum Gasteiger partial charge on any atom is -0.352 e. The van der Waals surface area contributed by atoms with Crippen LogP contribution >= 0.6 is 24.8 Å². The van der Waals surface area contributed by atoms with Crippen LogP contribution in [0.25, 0.3) is 0 Å². The van der Waals surface area contributed by atoms with Gasteiger partial charge < -0.3 is 15.5 Å². The summed E-state index contributed by atoms with van der Waals surface area (Å²) in [5.74, 6) is 1.46. The van der Waals surface area contributed by atoms with E-state index in [0.29, 0.717) is 23.9 Å². The number of carbonyl (C=O) groups excluding carboxylic acids is 1. The first-order chi connectivity index (χ1) is 9.92. The Balaban J connectivity index is 0.00000242. The summed E-state index contributed by atoms with van der Waals surface area (Å²) >= 11 is 0. The zero-order valence-electron chi connectivity index (χ0n) is 15.0. The molecule has 23 heavy (non-hydrogen) atoms. The molecule has 1 amide bonds. The first kappa shape index (κ1) is 23.0. The Morgan fingerprint density at radius 3 is 2.22 bits per heavy atom. The van der Waals surface area contributed by atoms with E-state index in [1.165, 1.54) is 25.7 Å². The first-order valence-corrected chi connectivity index (χ1v) is 8.62. The van der Waals surface area contributed by atoms with Gasteiger partial charge in [-0.2, -0.15) is 0 Å². The maximum atomic E-state index is 12.4. The predicted molar refractivity (Wildman–Crippen MR) is 102 cm³/mol. The van der Waals surface area contributed by atoms with Crippen molar-refractivity contribution in [3.63, 3.8) is 0 Å². The van der Waals surface area contributed by atoms with Crippen molar-refractivity contribution < 1.29 is 4.79 Å². The van der Waals surface area contributed by atoms with Crippen molar-refractivity contribution in [2.45, 2.75) is 70.5 Å². The Bertz CT molecular complexity index is 331. The van der Waals surface area contributed by atoms with Crippen LogP contribution in [0.3, 0.4) is 0 Å². The number of amides is 1. The van der Waals surface area contributed by atoms with Gasteiger partial charge in [0.25, 0.3) is 0 Å². The van der Waals surface area contributed by atoms with Crippen molar-refractivity contribution in [3.8, 4) is 0 Å².